The summed E-state index contributed by atoms with van der Waals surface area (Å²) in [6.45, 7) is 8.36. The molecule has 0 saturated carbocycles. The number of hydrogen-bond donors (Lipinski definition) is 1. The summed E-state index contributed by atoms with van der Waals surface area (Å²) in [7, 11) is 1.43. The van der Waals surface area contributed by atoms with E-state index >= 15 is 0 Å². The highest BCUT2D eigenvalue weighted by molar-refractivity contribution is 7.08. The Hall–Kier alpha value is -1.61. The lowest BCUT2D eigenvalue weighted by molar-refractivity contribution is 0.246. The average molecular weight is 197 g/mol. The summed E-state index contributed by atoms with van der Waals surface area (Å²) in [5, 5.41) is 2.32. The lowest BCUT2D eigenvalue weighted by atomic mass is 10.4. The van der Waals surface area contributed by atoms with Crippen molar-refractivity contribution in [3.63, 3.8) is 0 Å². The molecule has 1 aromatic heterocycles. The standard InChI is InChI=1S/C7H7N3O2S/c1-4-5(8-2)6(11)10(13-4)7(12)9-3/h1,3H3,(H,9,12). The van der Waals surface area contributed by atoms with Crippen LogP contribution in [0.5, 0.6) is 0 Å². The molecule has 0 aliphatic rings. The maximum absolute atomic E-state index is 11.3. The lowest BCUT2D eigenvalue weighted by Crippen LogP contribution is -2.29. The van der Waals surface area contributed by atoms with E-state index in [2.05, 4.69) is 10.2 Å². The van der Waals surface area contributed by atoms with Gasteiger partial charge in [-0.2, -0.15) is 3.96 Å². The van der Waals surface area contributed by atoms with Gasteiger partial charge < -0.3 is 5.32 Å². The monoisotopic (exact) mass is 197 g/mol. The third kappa shape index (κ3) is 1.46. The van der Waals surface area contributed by atoms with E-state index < -0.39 is 11.6 Å². The fourth-order valence-corrected chi connectivity index (χ4v) is 1.67. The van der Waals surface area contributed by atoms with E-state index in [1.807, 2.05) is 0 Å². The molecule has 0 spiro atoms. The van der Waals surface area contributed by atoms with E-state index in [1.54, 1.807) is 6.92 Å². The van der Waals surface area contributed by atoms with Gasteiger partial charge in [0.25, 0.3) is 11.2 Å². The van der Waals surface area contributed by atoms with Gasteiger partial charge in [-0.1, -0.05) is 11.5 Å². The van der Waals surface area contributed by atoms with Gasteiger partial charge in [-0.05, 0) is 6.92 Å². The Labute approximate surface area is 78.6 Å². The van der Waals surface area contributed by atoms with E-state index in [-0.39, 0.29) is 5.69 Å². The van der Waals surface area contributed by atoms with Crippen LogP contribution in [-0.4, -0.2) is 17.0 Å². The normalized spacial score (nSPS) is 9.31. The molecular formula is C7H7N3O2S. The first kappa shape index (κ1) is 9.48. The van der Waals surface area contributed by atoms with Crippen molar-refractivity contribution in [2.24, 2.45) is 0 Å². The minimum Gasteiger partial charge on any atom is -0.340 e. The Morgan fingerprint density at radius 2 is 2.31 bits per heavy atom. The number of aryl methyl sites for hydroxylation is 1. The molecule has 0 bridgehead atoms. The van der Waals surface area contributed by atoms with Crippen molar-refractivity contribution in [1.82, 2.24) is 9.27 Å². The maximum Gasteiger partial charge on any atom is 0.336 e. The Morgan fingerprint density at radius 1 is 1.69 bits per heavy atom. The molecule has 0 radical (unpaired) electrons. The minimum atomic E-state index is -0.545. The van der Waals surface area contributed by atoms with Crippen LogP contribution >= 0.6 is 11.5 Å². The molecule has 68 valence electrons. The van der Waals surface area contributed by atoms with Gasteiger partial charge in [0.05, 0.1) is 6.57 Å². The number of hydrogen-bond acceptors (Lipinski definition) is 3. The van der Waals surface area contributed by atoms with E-state index in [0.29, 0.717) is 4.88 Å². The fourth-order valence-electron chi connectivity index (χ4n) is 0.830. The second-order valence-corrected chi connectivity index (χ2v) is 3.42. The summed E-state index contributed by atoms with van der Waals surface area (Å²) in [5.74, 6) is 0. The van der Waals surface area contributed by atoms with Crippen molar-refractivity contribution in [3.05, 3.63) is 26.6 Å². The SMILES string of the molecule is [C-]#[N+]c1c(C)sn(C(=O)NC)c1=O. The van der Waals surface area contributed by atoms with Crippen LogP contribution in [0.1, 0.15) is 4.88 Å². The smallest absolute Gasteiger partial charge is 0.336 e. The van der Waals surface area contributed by atoms with Gasteiger partial charge in [0, 0.05) is 11.9 Å². The van der Waals surface area contributed by atoms with Crippen molar-refractivity contribution in [2.45, 2.75) is 6.92 Å². The Balaban J connectivity index is 3.37. The molecule has 0 unspecified atom stereocenters. The predicted molar refractivity (Wildman–Crippen MR) is 49.4 cm³/mol. The van der Waals surface area contributed by atoms with Crippen LogP contribution in [0, 0.1) is 13.5 Å². The zero-order chi connectivity index (χ0) is 10.0. The molecule has 6 heteroatoms. The molecule has 1 rings (SSSR count). The van der Waals surface area contributed by atoms with E-state index in [1.165, 1.54) is 7.05 Å². The molecule has 0 aromatic carbocycles. The van der Waals surface area contributed by atoms with Gasteiger partial charge in [0.15, 0.2) is 0 Å². The molecule has 1 N–H and O–H groups in total. The molecule has 1 aromatic rings. The molecule has 0 aliphatic carbocycles. The van der Waals surface area contributed by atoms with Crippen LogP contribution in [0.4, 0.5) is 10.5 Å². The molecular weight excluding hydrogens is 190 g/mol. The molecule has 0 saturated heterocycles. The molecule has 0 aliphatic heterocycles. The first-order valence-electron chi connectivity index (χ1n) is 3.44. The largest absolute Gasteiger partial charge is 0.340 e. The summed E-state index contributed by atoms with van der Waals surface area (Å²) >= 11 is 0.977. The Morgan fingerprint density at radius 3 is 2.69 bits per heavy atom. The fraction of sp³-hybridized carbons (Fsp3) is 0.286. The number of nitrogens with one attached hydrogen (secondary N) is 1. The predicted octanol–water partition coefficient (Wildman–Crippen LogP) is 0.957. The quantitative estimate of drug-likeness (QED) is 0.630. The summed E-state index contributed by atoms with van der Waals surface area (Å²) in [6.07, 6.45) is 0. The van der Waals surface area contributed by atoms with Crippen molar-refractivity contribution in [1.29, 1.82) is 0 Å². The number of nitrogens with zero attached hydrogens (tertiary/aromatic N) is 2. The van der Waals surface area contributed by atoms with Gasteiger partial charge in [-0.25, -0.2) is 9.64 Å². The zero-order valence-electron chi connectivity index (χ0n) is 7.12. The van der Waals surface area contributed by atoms with Crippen LogP contribution in [0.25, 0.3) is 4.85 Å². The number of amides is 1. The molecule has 5 nitrogen and oxygen atoms in total. The zero-order valence-corrected chi connectivity index (χ0v) is 7.94. The van der Waals surface area contributed by atoms with Crippen molar-refractivity contribution < 1.29 is 4.79 Å². The van der Waals surface area contributed by atoms with Crippen LogP contribution in [0.15, 0.2) is 4.79 Å². The average Bonchev–Trinajstić information content (AvgIpc) is 2.40. The third-order valence-electron chi connectivity index (χ3n) is 1.46. The van der Waals surface area contributed by atoms with E-state index in [0.717, 1.165) is 15.5 Å². The lowest BCUT2D eigenvalue weighted by Gasteiger charge is -1.95. The van der Waals surface area contributed by atoms with Gasteiger partial charge in [0.2, 0.25) is 0 Å². The second-order valence-electron chi connectivity index (χ2n) is 2.26. The third-order valence-corrected chi connectivity index (χ3v) is 2.44. The van der Waals surface area contributed by atoms with Crippen LogP contribution in [0.3, 0.4) is 0 Å². The summed E-state index contributed by atoms with van der Waals surface area (Å²) in [6, 6.07) is -0.506. The number of aromatic nitrogens is 1. The molecule has 0 atom stereocenters. The van der Waals surface area contributed by atoms with Gasteiger partial charge in [0.1, 0.15) is 0 Å². The summed E-state index contributed by atoms with van der Waals surface area (Å²) in [4.78, 5) is 26.0. The second kappa shape index (κ2) is 3.41. The molecule has 0 fully saturated rings. The summed E-state index contributed by atoms with van der Waals surface area (Å²) < 4.78 is 0.933. The van der Waals surface area contributed by atoms with E-state index in [4.69, 9.17) is 6.57 Å². The van der Waals surface area contributed by atoms with Crippen LogP contribution in [0.2, 0.25) is 0 Å². The number of carbonyl (C=O) groups is 1. The molecule has 1 heterocycles. The number of rotatable bonds is 0. The van der Waals surface area contributed by atoms with Crippen molar-refractivity contribution >= 4 is 23.3 Å². The van der Waals surface area contributed by atoms with Crippen LogP contribution < -0.4 is 10.9 Å². The molecule has 13 heavy (non-hydrogen) atoms. The van der Waals surface area contributed by atoms with Crippen molar-refractivity contribution in [3.8, 4) is 0 Å². The van der Waals surface area contributed by atoms with Gasteiger partial charge >= 0.3 is 6.03 Å². The highest BCUT2D eigenvalue weighted by Crippen LogP contribution is 2.17. The Kier molecular flexibility index (Phi) is 2.49. The number of carbonyl (C=O) groups excluding carboxylic acids is 1. The highest BCUT2D eigenvalue weighted by Gasteiger charge is 2.15. The minimum absolute atomic E-state index is 0.0219. The topological polar surface area (TPSA) is 55.5 Å². The van der Waals surface area contributed by atoms with Gasteiger partial charge in [-0.15, -0.1) is 0 Å². The molecule has 1 amide bonds. The first-order valence-corrected chi connectivity index (χ1v) is 4.21. The summed E-state index contributed by atoms with van der Waals surface area (Å²) in [5.41, 5.74) is -0.523. The first-order chi connectivity index (χ1) is 6.11. The highest BCUT2D eigenvalue weighted by atomic mass is 32.1. The van der Waals surface area contributed by atoms with Crippen molar-refractivity contribution in [2.75, 3.05) is 7.05 Å². The van der Waals surface area contributed by atoms with Gasteiger partial charge in [-0.3, -0.25) is 4.79 Å². The Bertz CT molecular complexity index is 438. The van der Waals surface area contributed by atoms with E-state index in [9.17, 15) is 9.59 Å². The van der Waals surface area contributed by atoms with Crippen LogP contribution in [-0.2, 0) is 0 Å². The maximum atomic E-state index is 11.3.